The van der Waals surface area contributed by atoms with Crippen molar-refractivity contribution in [3.63, 3.8) is 0 Å². The molecule has 112 valence electrons. The molecule has 0 fully saturated rings. The summed E-state index contributed by atoms with van der Waals surface area (Å²) in [4.78, 5) is 13.9. The minimum absolute atomic E-state index is 0.384. The third kappa shape index (κ3) is 3.64. The van der Waals surface area contributed by atoms with Crippen LogP contribution in [0.15, 0.2) is 39.1 Å². The lowest BCUT2D eigenvalue weighted by Crippen LogP contribution is -2.27. The van der Waals surface area contributed by atoms with Crippen molar-refractivity contribution in [2.24, 2.45) is 0 Å². The quantitative estimate of drug-likeness (QED) is 0.623. The molecule has 1 unspecified atom stereocenters. The van der Waals surface area contributed by atoms with Crippen LogP contribution in [0.5, 0.6) is 0 Å². The van der Waals surface area contributed by atoms with Gasteiger partial charge in [0.05, 0.1) is 11.0 Å². The zero-order valence-corrected chi connectivity index (χ0v) is 13.9. The highest BCUT2D eigenvalue weighted by molar-refractivity contribution is 9.10. The van der Waals surface area contributed by atoms with Gasteiger partial charge in [-0.05, 0) is 19.1 Å². The van der Waals surface area contributed by atoms with Gasteiger partial charge in [0.2, 0.25) is 10.0 Å². The molecule has 1 aromatic carbocycles. The summed E-state index contributed by atoms with van der Waals surface area (Å²) in [5, 5.41) is 13.3. The van der Waals surface area contributed by atoms with Crippen molar-refractivity contribution in [2.75, 3.05) is 0 Å². The van der Waals surface area contributed by atoms with E-state index in [0.29, 0.717) is 9.48 Å². The highest BCUT2D eigenvalue weighted by atomic mass is 79.9. The van der Waals surface area contributed by atoms with Crippen LogP contribution in [0.2, 0.25) is 0 Å². The third-order valence-corrected chi connectivity index (χ3v) is 5.58. The molecule has 1 N–H and O–H groups in total. The van der Waals surface area contributed by atoms with Crippen molar-refractivity contribution in [3.05, 3.63) is 49.4 Å². The van der Waals surface area contributed by atoms with E-state index in [9.17, 15) is 18.5 Å². The maximum Gasteiger partial charge on any atom is 0.289 e. The van der Waals surface area contributed by atoms with Crippen molar-refractivity contribution >= 4 is 43.0 Å². The molecule has 0 aliphatic rings. The molecule has 10 heteroatoms. The van der Waals surface area contributed by atoms with Crippen molar-refractivity contribution in [2.45, 2.75) is 17.9 Å². The Morgan fingerprint density at radius 2 is 2.19 bits per heavy atom. The maximum absolute atomic E-state index is 12.4. The normalized spacial score (nSPS) is 13.0. The average Bonchev–Trinajstić information content (AvgIpc) is 2.91. The fourth-order valence-electron chi connectivity index (χ4n) is 1.65. The van der Waals surface area contributed by atoms with Crippen LogP contribution in [0.1, 0.15) is 18.0 Å². The van der Waals surface area contributed by atoms with Gasteiger partial charge in [0.15, 0.2) is 4.90 Å². The zero-order chi connectivity index (χ0) is 15.6. The largest absolute Gasteiger partial charge is 0.289 e. The second kappa shape index (κ2) is 6.18. The lowest BCUT2D eigenvalue weighted by Gasteiger charge is -2.12. The fraction of sp³-hybridized carbons (Fsp3) is 0.182. The number of rotatable bonds is 5. The van der Waals surface area contributed by atoms with E-state index in [1.165, 1.54) is 23.5 Å². The number of nitrogens with zero attached hydrogens (tertiary/aromatic N) is 2. The van der Waals surface area contributed by atoms with Gasteiger partial charge in [-0.15, -0.1) is 11.3 Å². The van der Waals surface area contributed by atoms with E-state index in [0.717, 1.165) is 6.07 Å². The number of halogens is 1. The van der Waals surface area contributed by atoms with Crippen molar-refractivity contribution < 1.29 is 13.3 Å². The van der Waals surface area contributed by atoms with Gasteiger partial charge in [-0.1, -0.05) is 15.9 Å². The first kappa shape index (κ1) is 16.0. The van der Waals surface area contributed by atoms with Crippen LogP contribution in [-0.4, -0.2) is 18.3 Å². The Morgan fingerprint density at radius 1 is 1.48 bits per heavy atom. The molecule has 1 aromatic heterocycles. The standard InChI is InChI=1S/C11H10BrN3O4S2/c1-7(11-13-4-5-20-11)14-21(18,19)10-6-8(12)2-3-9(10)15(16)17/h2-7,14H,1H3. The molecule has 0 aliphatic carbocycles. The van der Waals surface area contributed by atoms with Crippen LogP contribution in [-0.2, 0) is 10.0 Å². The summed E-state index contributed by atoms with van der Waals surface area (Å²) in [7, 11) is -4.04. The number of aromatic nitrogens is 1. The second-order valence-electron chi connectivity index (χ2n) is 4.08. The van der Waals surface area contributed by atoms with E-state index in [-0.39, 0.29) is 4.90 Å². The van der Waals surface area contributed by atoms with Gasteiger partial charge >= 0.3 is 0 Å². The molecule has 0 saturated carbocycles. The molecule has 7 nitrogen and oxygen atoms in total. The number of nitro groups is 1. The van der Waals surface area contributed by atoms with E-state index in [1.54, 1.807) is 18.5 Å². The van der Waals surface area contributed by atoms with Gasteiger partial charge < -0.3 is 0 Å². The number of hydrogen-bond donors (Lipinski definition) is 1. The first-order valence-corrected chi connectivity index (χ1v) is 8.82. The zero-order valence-electron chi connectivity index (χ0n) is 10.7. The van der Waals surface area contributed by atoms with E-state index in [1.807, 2.05) is 0 Å². The van der Waals surface area contributed by atoms with Gasteiger partial charge in [0.25, 0.3) is 5.69 Å². The average molecular weight is 392 g/mol. The van der Waals surface area contributed by atoms with Gasteiger partial charge in [-0.3, -0.25) is 10.1 Å². The predicted molar refractivity (Wildman–Crippen MR) is 81.6 cm³/mol. The van der Waals surface area contributed by atoms with Crippen LogP contribution in [0, 0.1) is 10.1 Å². The molecular weight excluding hydrogens is 382 g/mol. The maximum atomic E-state index is 12.4. The Balaban J connectivity index is 2.40. The van der Waals surface area contributed by atoms with Crippen LogP contribution in [0.25, 0.3) is 0 Å². The smallest absolute Gasteiger partial charge is 0.258 e. The summed E-state index contributed by atoms with van der Waals surface area (Å²) in [6.45, 7) is 1.63. The molecule has 0 radical (unpaired) electrons. The molecule has 1 heterocycles. The summed E-state index contributed by atoms with van der Waals surface area (Å²) in [6, 6.07) is 3.19. The topological polar surface area (TPSA) is 102 Å². The minimum Gasteiger partial charge on any atom is -0.258 e. The van der Waals surface area contributed by atoms with Crippen LogP contribution < -0.4 is 4.72 Å². The van der Waals surface area contributed by atoms with Crippen LogP contribution >= 0.6 is 27.3 Å². The molecule has 1 atom stereocenters. The first-order valence-electron chi connectivity index (χ1n) is 5.67. The molecule has 0 bridgehead atoms. The Hall–Kier alpha value is -1.36. The Morgan fingerprint density at radius 3 is 2.76 bits per heavy atom. The van der Waals surface area contributed by atoms with Gasteiger partial charge in [-0.2, -0.15) is 0 Å². The number of sulfonamides is 1. The van der Waals surface area contributed by atoms with Crippen molar-refractivity contribution in [1.29, 1.82) is 0 Å². The van der Waals surface area contributed by atoms with E-state index in [4.69, 9.17) is 0 Å². The van der Waals surface area contributed by atoms with Crippen LogP contribution in [0.3, 0.4) is 0 Å². The summed E-state index contributed by atoms with van der Waals surface area (Å²) in [5.74, 6) is 0. The van der Waals surface area contributed by atoms with Gasteiger partial charge in [0.1, 0.15) is 5.01 Å². The molecule has 2 rings (SSSR count). The monoisotopic (exact) mass is 391 g/mol. The molecule has 0 spiro atoms. The first-order chi connectivity index (χ1) is 9.81. The van der Waals surface area contributed by atoms with Crippen molar-refractivity contribution in [3.8, 4) is 0 Å². The minimum atomic E-state index is -4.04. The lowest BCUT2D eigenvalue weighted by atomic mass is 10.3. The highest BCUT2D eigenvalue weighted by Crippen LogP contribution is 2.28. The summed E-state index contributed by atoms with van der Waals surface area (Å²) in [6.07, 6.45) is 1.56. The van der Waals surface area contributed by atoms with E-state index >= 15 is 0 Å². The third-order valence-electron chi connectivity index (χ3n) is 2.56. The van der Waals surface area contributed by atoms with Crippen LogP contribution in [0.4, 0.5) is 5.69 Å². The number of benzene rings is 1. The molecule has 0 amide bonds. The summed E-state index contributed by atoms with van der Waals surface area (Å²) in [5.41, 5.74) is -0.475. The lowest BCUT2D eigenvalue weighted by molar-refractivity contribution is -0.387. The predicted octanol–water partition coefficient (Wildman–Crippen LogP) is 2.85. The van der Waals surface area contributed by atoms with Gasteiger partial charge in [-0.25, -0.2) is 18.1 Å². The number of nitrogens with one attached hydrogen (secondary N) is 1. The molecule has 2 aromatic rings. The Bertz CT molecular complexity index is 762. The molecule has 0 saturated heterocycles. The van der Waals surface area contributed by atoms with Gasteiger partial charge in [0, 0.05) is 22.1 Å². The fourth-order valence-corrected chi connectivity index (χ4v) is 4.29. The summed E-state index contributed by atoms with van der Waals surface area (Å²) < 4.78 is 27.5. The number of hydrogen-bond acceptors (Lipinski definition) is 6. The van der Waals surface area contributed by atoms with E-state index < -0.39 is 26.7 Å². The summed E-state index contributed by atoms with van der Waals surface area (Å²) >= 11 is 4.42. The Kier molecular flexibility index (Phi) is 4.71. The highest BCUT2D eigenvalue weighted by Gasteiger charge is 2.28. The van der Waals surface area contributed by atoms with Crippen molar-refractivity contribution in [1.82, 2.24) is 9.71 Å². The molecular formula is C11H10BrN3O4S2. The molecule has 21 heavy (non-hydrogen) atoms. The number of thiazole rings is 1. The SMILES string of the molecule is CC(NS(=O)(=O)c1cc(Br)ccc1[N+](=O)[O-])c1nccs1. The number of nitro benzene ring substituents is 1. The second-order valence-corrected chi connectivity index (χ2v) is 7.61. The molecule has 0 aliphatic heterocycles. The Labute approximate surface area is 133 Å². The van der Waals surface area contributed by atoms with E-state index in [2.05, 4.69) is 25.6 Å².